The highest BCUT2D eigenvalue weighted by molar-refractivity contribution is 5.48. The molecule has 0 radical (unpaired) electrons. The van der Waals surface area contributed by atoms with E-state index >= 15 is 0 Å². The molecule has 1 aromatic heterocycles. The molecule has 11 heavy (non-hydrogen) atoms. The van der Waals surface area contributed by atoms with E-state index in [1.165, 1.54) is 0 Å². The molecular weight excluding hydrogens is 138 g/mol. The van der Waals surface area contributed by atoms with Crippen LogP contribution in [0, 0.1) is 12.3 Å². The van der Waals surface area contributed by atoms with Gasteiger partial charge in [0.15, 0.2) is 0 Å². The molecule has 1 rings (SSSR count). The van der Waals surface area contributed by atoms with Crippen LogP contribution in [0.25, 0.3) is 0 Å². The molecule has 0 unspecified atom stereocenters. The fourth-order valence-electron chi connectivity index (χ4n) is 0.685. The first kappa shape index (κ1) is 7.42. The maximum absolute atomic E-state index is 5.50. The van der Waals surface area contributed by atoms with Crippen molar-refractivity contribution in [2.75, 3.05) is 17.6 Å². The number of hydrogen-bond acceptors (Lipinski definition) is 3. The van der Waals surface area contributed by atoms with E-state index in [1.54, 1.807) is 18.3 Å². The van der Waals surface area contributed by atoms with E-state index in [1.807, 2.05) is 0 Å². The number of nitrogens with zero attached hydrogens (tertiary/aromatic N) is 1. The fraction of sp³-hybridized carbons (Fsp3) is 0.125. The van der Waals surface area contributed by atoms with E-state index in [9.17, 15) is 0 Å². The van der Waals surface area contributed by atoms with Gasteiger partial charge in [0, 0.05) is 18.0 Å². The summed E-state index contributed by atoms with van der Waals surface area (Å²) in [4.78, 5) is 3.99. The number of nitrogens with one attached hydrogen (secondary N) is 1. The van der Waals surface area contributed by atoms with Gasteiger partial charge in [-0.25, -0.2) is 4.98 Å². The Morgan fingerprint density at radius 3 is 3.18 bits per heavy atom. The predicted octanol–water partition coefficient (Wildman–Crippen LogP) is 0.709. The normalized spacial score (nSPS) is 8.64. The number of nitrogens with two attached hydrogens (primary N) is 1. The zero-order chi connectivity index (χ0) is 8.10. The van der Waals surface area contributed by atoms with Gasteiger partial charge in [0.2, 0.25) is 0 Å². The molecule has 0 amide bonds. The molecule has 56 valence electrons. The quantitative estimate of drug-likeness (QED) is 0.606. The van der Waals surface area contributed by atoms with Gasteiger partial charge in [-0.05, 0) is 6.07 Å². The molecule has 0 fully saturated rings. The highest BCUT2D eigenvalue weighted by Crippen LogP contribution is 2.06. The van der Waals surface area contributed by atoms with Crippen LogP contribution in [0.2, 0.25) is 0 Å². The van der Waals surface area contributed by atoms with Crippen molar-refractivity contribution in [1.29, 1.82) is 0 Å². The monoisotopic (exact) mass is 147 g/mol. The molecule has 0 aromatic carbocycles. The van der Waals surface area contributed by atoms with Crippen LogP contribution in [0.5, 0.6) is 0 Å². The van der Waals surface area contributed by atoms with Crippen molar-refractivity contribution in [3.63, 3.8) is 0 Å². The average molecular weight is 147 g/mol. The van der Waals surface area contributed by atoms with Crippen molar-refractivity contribution in [2.45, 2.75) is 0 Å². The molecule has 0 aliphatic heterocycles. The molecular formula is C8H9N3. The largest absolute Gasteiger partial charge is 0.399 e. The third kappa shape index (κ3) is 2.18. The van der Waals surface area contributed by atoms with E-state index in [2.05, 4.69) is 16.2 Å². The Morgan fingerprint density at radius 2 is 2.55 bits per heavy atom. The minimum atomic E-state index is 0.469. The van der Waals surface area contributed by atoms with Crippen LogP contribution in [-0.4, -0.2) is 11.5 Å². The lowest BCUT2D eigenvalue weighted by atomic mass is 10.4. The summed E-state index contributed by atoms with van der Waals surface area (Å²) < 4.78 is 0. The Hall–Kier alpha value is -1.69. The second kappa shape index (κ2) is 3.47. The lowest BCUT2D eigenvalue weighted by Gasteiger charge is -2.00. The molecule has 0 bridgehead atoms. The lowest BCUT2D eigenvalue weighted by Crippen LogP contribution is -2.00. The number of pyridine rings is 1. The van der Waals surface area contributed by atoms with Gasteiger partial charge in [-0.15, -0.1) is 6.42 Å². The van der Waals surface area contributed by atoms with Gasteiger partial charge in [0.1, 0.15) is 5.82 Å². The molecule has 0 aliphatic rings. The number of anilines is 2. The number of hydrogen-bond donors (Lipinski definition) is 2. The van der Waals surface area contributed by atoms with Crippen LogP contribution in [0.1, 0.15) is 0 Å². The SMILES string of the molecule is C#CCNc1cc(N)ccn1. The van der Waals surface area contributed by atoms with Crippen molar-refractivity contribution in [1.82, 2.24) is 4.98 Å². The lowest BCUT2D eigenvalue weighted by molar-refractivity contribution is 1.25. The number of rotatable bonds is 2. The van der Waals surface area contributed by atoms with Gasteiger partial charge in [-0.2, -0.15) is 0 Å². The van der Waals surface area contributed by atoms with Crippen LogP contribution in [-0.2, 0) is 0 Å². The van der Waals surface area contributed by atoms with E-state index in [0.29, 0.717) is 18.1 Å². The van der Waals surface area contributed by atoms with Crippen LogP contribution < -0.4 is 11.1 Å². The van der Waals surface area contributed by atoms with Gasteiger partial charge >= 0.3 is 0 Å². The van der Waals surface area contributed by atoms with E-state index < -0.39 is 0 Å². The van der Waals surface area contributed by atoms with Crippen molar-refractivity contribution < 1.29 is 0 Å². The first-order valence-corrected chi connectivity index (χ1v) is 3.22. The Kier molecular flexibility index (Phi) is 2.34. The van der Waals surface area contributed by atoms with Gasteiger partial charge in [0.25, 0.3) is 0 Å². The minimum absolute atomic E-state index is 0.469. The summed E-state index contributed by atoms with van der Waals surface area (Å²) in [6.07, 6.45) is 6.68. The highest BCUT2D eigenvalue weighted by atomic mass is 15.0. The second-order valence-electron chi connectivity index (χ2n) is 2.03. The molecule has 3 heteroatoms. The molecule has 0 aliphatic carbocycles. The molecule has 3 N–H and O–H groups in total. The first-order valence-electron chi connectivity index (χ1n) is 3.22. The maximum atomic E-state index is 5.50. The zero-order valence-electron chi connectivity index (χ0n) is 6.04. The molecule has 0 saturated heterocycles. The van der Waals surface area contributed by atoms with Crippen molar-refractivity contribution in [3.05, 3.63) is 18.3 Å². The van der Waals surface area contributed by atoms with Crippen LogP contribution >= 0.6 is 0 Å². The van der Waals surface area contributed by atoms with Crippen LogP contribution in [0.15, 0.2) is 18.3 Å². The predicted molar refractivity (Wildman–Crippen MR) is 46.0 cm³/mol. The average Bonchev–Trinajstić information content (AvgIpc) is 2.01. The second-order valence-corrected chi connectivity index (χ2v) is 2.03. The Labute approximate surface area is 65.6 Å². The third-order valence-corrected chi connectivity index (χ3v) is 1.16. The number of nitrogen functional groups attached to an aromatic ring is 1. The Bertz CT molecular complexity index is 275. The summed E-state index contributed by atoms with van der Waals surface area (Å²) in [5, 5.41) is 2.91. The molecule has 0 saturated carbocycles. The van der Waals surface area contributed by atoms with E-state index in [4.69, 9.17) is 12.2 Å². The highest BCUT2D eigenvalue weighted by Gasteiger charge is 1.90. The summed E-state index contributed by atoms with van der Waals surface area (Å²) in [5.41, 5.74) is 6.18. The summed E-state index contributed by atoms with van der Waals surface area (Å²) in [6, 6.07) is 3.46. The minimum Gasteiger partial charge on any atom is -0.399 e. The summed E-state index contributed by atoms with van der Waals surface area (Å²) in [7, 11) is 0. The topological polar surface area (TPSA) is 50.9 Å². The molecule has 1 aromatic rings. The zero-order valence-corrected chi connectivity index (χ0v) is 6.04. The molecule has 1 heterocycles. The van der Waals surface area contributed by atoms with Gasteiger partial charge < -0.3 is 11.1 Å². The van der Waals surface area contributed by atoms with E-state index in [0.717, 1.165) is 0 Å². The fourth-order valence-corrected chi connectivity index (χ4v) is 0.685. The van der Waals surface area contributed by atoms with E-state index in [-0.39, 0.29) is 0 Å². The van der Waals surface area contributed by atoms with Gasteiger partial charge in [0.05, 0.1) is 6.54 Å². The first-order chi connectivity index (χ1) is 5.33. The smallest absolute Gasteiger partial charge is 0.128 e. The maximum Gasteiger partial charge on any atom is 0.128 e. The van der Waals surface area contributed by atoms with Crippen LogP contribution in [0.4, 0.5) is 11.5 Å². The number of aromatic nitrogens is 1. The standard InChI is InChI=1S/C8H9N3/c1-2-4-10-8-6-7(9)3-5-11-8/h1,3,5-6H,4H2,(H3,9,10,11). The summed E-state index contributed by atoms with van der Waals surface area (Å²) >= 11 is 0. The number of terminal acetylenes is 1. The van der Waals surface area contributed by atoms with Crippen LogP contribution in [0.3, 0.4) is 0 Å². The van der Waals surface area contributed by atoms with Crippen molar-refractivity contribution in [3.8, 4) is 12.3 Å². The molecule has 0 atom stereocenters. The van der Waals surface area contributed by atoms with Crippen molar-refractivity contribution in [2.24, 2.45) is 0 Å². The van der Waals surface area contributed by atoms with Gasteiger partial charge in [-0.1, -0.05) is 5.92 Å². The Morgan fingerprint density at radius 1 is 1.73 bits per heavy atom. The molecule has 3 nitrogen and oxygen atoms in total. The third-order valence-electron chi connectivity index (χ3n) is 1.16. The van der Waals surface area contributed by atoms with Crippen molar-refractivity contribution >= 4 is 11.5 Å². The molecule has 0 spiro atoms. The summed E-state index contributed by atoms with van der Waals surface area (Å²) in [5.74, 6) is 3.15. The summed E-state index contributed by atoms with van der Waals surface area (Å²) in [6.45, 7) is 0.469. The Balaban J connectivity index is 2.65. The van der Waals surface area contributed by atoms with Gasteiger partial charge in [-0.3, -0.25) is 0 Å².